The number of likely N-dealkylation sites (tertiary alicyclic amines) is 1. The third-order valence-corrected chi connectivity index (χ3v) is 7.37. The summed E-state index contributed by atoms with van der Waals surface area (Å²) in [6, 6.07) is 8.10. The molecule has 2 aromatic heterocycles. The molecule has 0 N–H and O–H groups in total. The molecule has 6 nitrogen and oxygen atoms in total. The number of rotatable bonds is 4. The van der Waals surface area contributed by atoms with Gasteiger partial charge in [0.15, 0.2) is 0 Å². The van der Waals surface area contributed by atoms with Gasteiger partial charge in [-0.25, -0.2) is 4.98 Å². The van der Waals surface area contributed by atoms with E-state index < -0.39 is 0 Å². The summed E-state index contributed by atoms with van der Waals surface area (Å²) in [6.45, 7) is 5.94. The number of hydrogen-bond acceptors (Lipinski definition) is 5. The van der Waals surface area contributed by atoms with Gasteiger partial charge in [0.2, 0.25) is 0 Å². The molecule has 1 amide bonds. The molecule has 1 fully saturated rings. The van der Waals surface area contributed by atoms with E-state index in [1.54, 1.807) is 4.57 Å². The Morgan fingerprint density at radius 3 is 2.80 bits per heavy atom. The summed E-state index contributed by atoms with van der Waals surface area (Å²) in [7, 11) is 0. The maximum Gasteiger partial charge on any atom is 0.264 e. The fourth-order valence-electron chi connectivity index (χ4n) is 4.72. The van der Waals surface area contributed by atoms with Crippen LogP contribution in [0, 0.1) is 6.92 Å². The van der Waals surface area contributed by atoms with E-state index in [2.05, 4.69) is 12.1 Å². The minimum absolute atomic E-state index is 0.00443. The van der Waals surface area contributed by atoms with Crippen molar-refractivity contribution in [3.05, 3.63) is 56.4 Å². The number of carbonyl (C=O) groups excluding carboxylic acids is 1. The number of amides is 1. The lowest BCUT2D eigenvalue weighted by molar-refractivity contribution is 0.0740. The number of carbonyl (C=O) groups is 1. The standard InChI is InChI=1S/C23H25N3O3S/c1-3-29-16-10-8-15(9-11-16)17-6-4-12-25(17)23(28)20-14(2)19-21(30-20)24-18-7-5-13-26(18)22(19)27/h8-11,17H,3-7,12-13H2,1-2H3. The van der Waals surface area contributed by atoms with Crippen LogP contribution in [0.25, 0.3) is 10.2 Å². The van der Waals surface area contributed by atoms with E-state index in [9.17, 15) is 9.59 Å². The van der Waals surface area contributed by atoms with Crippen LogP contribution >= 0.6 is 11.3 Å². The number of ether oxygens (including phenoxy) is 1. The third-order valence-electron chi connectivity index (χ3n) is 6.20. The third kappa shape index (κ3) is 3.03. The zero-order valence-electron chi connectivity index (χ0n) is 17.3. The van der Waals surface area contributed by atoms with E-state index in [-0.39, 0.29) is 17.5 Å². The molecule has 30 heavy (non-hydrogen) atoms. The number of hydrogen-bond donors (Lipinski definition) is 0. The lowest BCUT2D eigenvalue weighted by Gasteiger charge is -2.25. The van der Waals surface area contributed by atoms with E-state index in [0.717, 1.165) is 61.5 Å². The summed E-state index contributed by atoms with van der Waals surface area (Å²) >= 11 is 1.37. The number of benzene rings is 1. The highest BCUT2D eigenvalue weighted by atomic mass is 32.1. The molecule has 4 heterocycles. The van der Waals surface area contributed by atoms with Crippen LogP contribution in [0.2, 0.25) is 0 Å². The minimum Gasteiger partial charge on any atom is -0.494 e. The molecule has 156 valence electrons. The predicted molar refractivity (Wildman–Crippen MR) is 118 cm³/mol. The van der Waals surface area contributed by atoms with Crippen LogP contribution < -0.4 is 10.3 Å². The average molecular weight is 424 g/mol. The second kappa shape index (κ2) is 7.54. The summed E-state index contributed by atoms with van der Waals surface area (Å²) < 4.78 is 7.32. The van der Waals surface area contributed by atoms with Gasteiger partial charge in [-0.05, 0) is 56.4 Å². The molecule has 5 rings (SSSR count). The number of nitrogens with zero attached hydrogens (tertiary/aromatic N) is 3. The molecule has 1 aromatic carbocycles. The Balaban J connectivity index is 1.49. The van der Waals surface area contributed by atoms with Crippen LogP contribution in [0.15, 0.2) is 29.1 Å². The van der Waals surface area contributed by atoms with Crippen LogP contribution in [0.1, 0.15) is 58.9 Å². The molecule has 0 saturated carbocycles. The van der Waals surface area contributed by atoms with Crippen LogP contribution in [0.5, 0.6) is 5.75 Å². The van der Waals surface area contributed by atoms with Gasteiger partial charge in [-0.1, -0.05) is 12.1 Å². The molecule has 7 heteroatoms. The second-order valence-corrected chi connectivity index (χ2v) is 8.98. The number of aromatic nitrogens is 2. The van der Waals surface area contributed by atoms with Gasteiger partial charge in [-0.15, -0.1) is 11.3 Å². The summed E-state index contributed by atoms with van der Waals surface area (Å²) in [5, 5.41) is 0.616. The van der Waals surface area contributed by atoms with Gasteiger partial charge in [0, 0.05) is 19.5 Å². The predicted octanol–water partition coefficient (Wildman–Crippen LogP) is 4.09. The molecule has 2 aliphatic rings. The maximum atomic E-state index is 13.5. The Hall–Kier alpha value is -2.67. The van der Waals surface area contributed by atoms with Crippen LogP contribution in [-0.4, -0.2) is 33.5 Å². The smallest absolute Gasteiger partial charge is 0.264 e. The monoisotopic (exact) mass is 423 g/mol. The Bertz CT molecular complexity index is 1180. The summed E-state index contributed by atoms with van der Waals surface area (Å²) in [5.74, 6) is 1.70. The van der Waals surface area contributed by atoms with Crippen LogP contribution in [0.3, 0.4) is 0 Å². The molecule has 0 radical (unpaired) electrons. The molecule has 3 aromatic rings. The molecule has 2 aliphatic heterocycles. The van der Waals surface area contributed by atoms with Crippen molar-refractivity contribution in [2.24, 2.45) is 0 Å². The average Bonchev–Trinajstić information content (AvgIpc) is 3.47. The first-order valence-electron chi connectivity index (χ1n) is 10.6. The summed E-state index contributed by atoms with van der Waals surface area (Å²) in [6.07, 6.45) is 3.71. The van der Waals surface area contributed by atoms with E-state index in [1.165, 1.54) is 11.3 Å². The first-order valence-corrected chi connectivity index (χ1v) is 11.5. The quantitative estimate of drug-likeness (QED) is 0.634. The highest BCUT2D eigenvalue weighted by Gasteiger charge is 2.33. The largest absolute Gasteiger partial charge is 0.494 e. The summed E-state index contributed by atoms with van der Waals surface area (Å²) in [4.78, 5) is 34.5. The molecule has 1 unspecified atom stereocenters. The van der Waals surface area contributed by atoms with Crippen molar-refractivity contribution in [2.75, 3.05) is 13.2 Å². The molecule has 1 saturated heterocycles. The van der Waals surface area contributed by atoms with Gasteiger partial charge in [0.05, 0.1) is 22.9 Å². The fraction of sp³-hybridized carbons (Fsp3) is 0.435. The number of aryl methyl sites for hydroxylation is 2. The van der Waals surface area contributed by atoms with Gasteiger partial charge in [-0.3, -0.25) is 14.2 Å². The Kier molecular flexibility index (Phi) is 4.85. The van der Waals surface area contributed by atoms with Crippen molar-refractivity contribution >= 4 is 27.5 Å². The Morgan fingerprint density at radius 1 is 1.23 bits per heavy atom. The first kappa shape index (κ1) is 19.3. The van der Waals surface area contributed by atoms with Crippen molar-refractivity contribution < 1.29 is 9.53 Å². The normalized spacial score (nSPS) is 18.2. The minimum atomic E-state index is 0.00443. The fourth-order valence-corrected chi connectivity index (χ4v) is 5.87. The zero-order chi connectivity index (χ0) is 20.8. The highest BCUT2D eigenvalue weighted by Crippen LogP contribution is 2.37. The Morgan fingerprint density at radius 2 is 2.03 bits per heavy atom. The van der Waals surface area contributed by atoms with Gasteiger partial charge in [-0.2, -0.15) is 0 Å². The van der Waals surface area contributed by atoms with Crippen molar-refractivity contribution in [3.8, 4) is 5.75 Å². The van der Waals surface area contributed by atoms with Gasteiger partial charge < -0.3 is 9.64 Å². The topological polar surface area (TPSA) is 64.4 Å². The molecule has 0 aliphatic carbocycles. The van der Waals surface area contributed by atoms with Gasteiger partial charge in [0.25, 0.3) is 11.5 Å². The maximum absolute atomic E-state index is 13.5. The molecule has 0 bridgehead atoms. The highest BCUT2D eigenvalue weighted by molar-refractivity contribution is 7.20. The SMILES string of the molecule is CCOc1ccc(C2CCCN2C(=O)c2sc3nc4n(c(=O)c3c2C)CCC4)cc1. The van der Waals surface area contributed by atoms with Gasteiger partial charge >= 0.3 is 0 Å². The van der Waals surface area contributed by atoms with Crippen LogP contribution in [0.4, 0.5) is 0 Å². The molecule has 0 spiro atoms. The van der Waals surface area contributed by atoms with Crippen molar-refractivity contribution in [1.82, 2.24) is 14.5 Å². The van der Waals surface area contributed by atoms with Gasteiger partial charge in [0.1, 0.15) is 16.4 Å². The van der Waals surface area contributed by atoms with Crippen molar-refractivity contribution in [1.29, 1.82) is 0 Å². The lowest BCUT2D eigenvalue weighted by Crippen LogP contribution is -2.30. The molecular weight excluding hydrogens is 398 g/mol. The second-order valence-electron chi connectivity index (χ2n) is 7.98. The van der Waals surface area contributed by atoms with E-state index >= 15 is 0 Å². The van der Waals surface area contributed by atoms with E-state index in [1.807, 2.05) is 30.9 Å². The zero-order valence-corrected chi connectivity index (χ0v) is 18.1. The van der Waals surface area contributed by atoms with E-state index in [4.69, 9.17) is 9.72 Å². The van der Waals surface area contributed by atoms with Crippen LogP contribution in [-0.2, 0) is 13.0 Å². The summed E-state index contributed by atoms with van der Waals surface area (Å²) in [5.41, 5.74) is 1.90. The van der Waals surface area contributed by atoms with Crippen molar-refractivity contribution in [3.63, 3.8) is 0 Å². The van der Waals surface area contributed by atoms with Crippen molar-refractivity contribution in [2.45, 2.75) is 52.1 Å². The number of fused-ring (bicyclic) bond motifs is 2. The lowest BCUT2D eigenvalue weighted by atomic mass is 10.0. The first-order chi connectivity index (χ1) is 14.6. The van der Waals surface area contributed by atoms with E-state index in [0.29, 0.717) is 21.7 Å². The molecule has 1 atom stereocenters. The Labute approximate surface area is 179 Å². The molecular formula is C23H25N3O3S. The number of thiophene rings is 1.